The number of rotatable bonds is 7. The van der Waals surface area contributed by atoms with E-state index in [0.29, 0.717) is 24.6 Å². The smallest absolute Gasteiger partial charge is 0.338 e. The van der Waals surface area contributed by atoms with Crippen molar-refractivity contribution in [1.29, 1.82) is 0 Å². The molecule has 0 aromatic heterocycles. The number of benzene rings is 1. The molecule has 26 heavy (non-hydrogen) atoms. The van der Waals surface area contributed by atoms with E-state index in [1.54, 1.807) is 6.07 Å². The number of esters is 1. The maximum atomic E-state index is 12.3. The van der Waals surface area contributed by atoms with E-state index in [0.717, 1.165) is 17.7 Å². The molecule has 1 aromatic carbocycles. The zero-order valence-corrected chi connectivity index (χ0v) is 15.4. The fourth-order valence-corrected chi connectivity index (χ4v) is 3.78. The van der Waals surface area contributed by atoms with Crippen molar-refractivity contribution in [1.82, 2.24) is 5.32 Å². The van der Waals surface area contributed by atoms with Crippen molar-refractivity contribution in [3.05, 3.63) is 29.3 Å². The van der Waals surface area contributed by atoms with E-state index in [-0.39, 0.29) is 17.9 Å². The van der Waals surface area contributed by atoms with E-state index in [4.69, 9.17) is 10.5 Å². The molecule has 3 rings (SSSR count). The van der Waals surface area contributed by atoms with Crippen LogP contribution in [0.4, 0.5) is 5.69 Å². The van der Waals surface area contributed by atoms with Crippen LogP contribution in [-0.4, -0.2) is 30.5 Å². The molecule has 1 heterocycles. The number of hydrogen-bond donors (Lipinski definition) is 3. The largest absolute Gasteiger partial charge is 0.457 e. The zero-order chi connectivity index (χ0) is 18.5. The van der Waals surface area contributed by atoms with Gasteiger partial charge in [0.05, 0.1) is 11.6 Å². The van der Waals surface area contributed by atoms with Gasteiger partial charge in [0.25, 0.3) is 0 Å². The second-order valence-electron chi connectivity index (χ2n) is 7.58. The number of anilines is 1. The molecule has 1 aliphatic carbocycles. The fraction of sp³-hybridized carbons (Fsp3) is 0.600. The molecule has 0 saturated heterocycles. The third kappa shape index (κ3) is 4.75. The molecule has 4 N–H and O–H groups in total. The number of carbonyl (C=O) groups excluding carboxylic acids is 2. The first-order chi connectivity index (χ1) is 12.5. The first-order valence-corrected chi connectivity index (χ1v) is 9.63. The molecule has 6 heteroatoms. The van der Waals surface area contributed by atoms with Crippen molar-refractivity contribution in [2.45, 2.75) is 64.1 Å². The predicted molar refractivity (Wildman–Crippen MR) is 101 cm³/mol. The standard InChI is InChI=1S/C20H29N3O3/c1-13(23-19(24)18(21)9-14-5-3-2-4-6-14)11-22-16-8-7-15-12-26-20(25)17(15)10-16/h7-8,10,13-14,18,22H,2-6,9,11-12,21H2,1H3,(H,23,24)/t13-,18-/m0/s1. The summed E-state index contributed by atoms with van der Waals surface area (Å²) in [5, 5.41) is 6.24. The quantitative estimate of drug-likeness (QED) is 0.651. The number of nitrogens with two attached hydrogens (primary N) is 1. The van der Waals surface area contributed by atoms with Gasteiger partial charge in [-0.2, -0.15) is 0 Å². The summed E-state index contributed by atoms with van der Waals surface area (Å²) in [6, 6.07) is 5.12. The Balaban J connectivity index is 1.43. The molecule has 0 radical (unpaired) electrons. The maximum Gasteiger partial charge on any atom is 0.338 e. The van der Waals surface area contributed by atoms with E-state index in [1.165, 1.54) is 32.1 Å². The van der Waals surface area contributed by atoms with Gasteiger partial charge in [0, 0.05) is 23.8 Å². The molecule has 1 saturated carbocycles. The number of amides is 1. The van der Waals surface area contributed by atoms with Crippen LogP contribution in [0, 0.1) is 5.92 Å². The van der Waals surface area contributed by atoms with Crippen LogP contribution >= 0.6 is 0 Å². The number of hydrogen-bond acceptors (Lipinski definition) is 5. The third-order valence-corrected chi connectivity index (χ3v) is 5.34. The van der Waals surface area contributed by atoms with Gasteiger partial charge in [-0.05, 0) is 31.4 Å². The Morgan fingerprint density at radius 3 is 2.85 bits per heavy atom. The average molecular weight is 359 g/mol. The summed E-state index contributed by atoms with van der Waals surface area (Å²) in [6.07, 6.45) is 6.99. The molecule has 1 aromatic rings. The zero-order valence-electron chi connectivity index (χ0n) is 15.4. The van der Waals surface area contributed by atoms with Crippen molar-refractivity contribution in [2.24, 2.45) is 11.7 Å². The number of fused-ring (bicyclic) bond motifs is 1. The first kappa shape index (κ1) is 18.7. The lowest BCUT2D eigenvalue weighted by Gasteiger charge is -2.25. The van der Waals surface area contributed by atoms with Crippen molar-refractivity contribution >= 4 is 17.6 Å². The van der Waals surface area contributed by atoms with Crippen LogP contribution in [0.15, 0.2) is 18.2 Å². The lowest BCUT2D eigenvalue weighted by atomic mass is 9.85. The average Bonchev–Trinajstić information content (AvgIpc) is 3.01. The summed E-state index contributed by atoms with van der Waals surface area (Å²) in [6.45, 7) is 2.86. The molecule has 2 atom stereocenters. The molecule has 0 bridgehead atoms. The second kappa shape index (κ2) is 8.54. The lowest BCUT2D eigenvalue weighted by Crippen LogP contribution is -2.47. The Labute approximate surface area is 154 Å². The number of ether oxygens (including phenoxy) is 1. The summed E-state index contributed by atoms with van der Waals surface area (Å²) in [7, 11) is 0. The normalized spacial score (nSPS) is 19.4. The van der Waals surface area contributed by atoms with Crippen molar-refractivity contribution in [3.8, 4) is 0 Å². The van der Waals surface area contributed by atoms with Crippen LogP contribution in [0.3, 0.4) is 0 Å². The van der Waals surface area contributed by atoms with Gasteiger partial charge in [0.15, 0.2) is 0 Å². The van der Waals surface area contributed by atoms with Crippen LogP contribution in [0.25, 0.3) is 0 Å². The van der Waals surface area contributed by atoms with E-state index >= 15 is 0 Å². The van der Waals surface area contributed by atoms with E-state index in [9.17, 15) is 9.59 Å². The maximum absolute atomic E-state index is 12.3. The summed E-state index contributed by atoms with van der Waals surface area (Å²) in [4.78, 5) is 23.9. The highest BCUT2D eigenvalue weighted by molar-refractivity contribution is 5.94. The number of nitrogens with one attached hydrogen (secondary N) is 2. The monoisotopic (exact) mass is 359 g/mol. The molecule has 0 unspecified atom stereocenters. The highest BCUT2D eigenvalue weighted by Gasteiger charge is 2.23. The van der Waals surface area contributed by atoms with Crippen LogP contribution in [-0.2, 0) is 16.1 Å². The third-order valence-electron chi connectivity index (χ3n) is 5.34. The van der Waals surface area contributed by atoms with Gasteiger partial charge in [-0.1, -0.05) is 38.2 Å². The fourth-order valence-electron chi connectivity index (χ4n) is 3.78. The van der Waals surface area contributed by atoms with E-state index in [1.807, 2.05) is 19.1 Å². The van der Waals surface area contributed by atoms with Gasteiger partial charge in [0.1, 0.15) is 6.61 Å². The summed E-state index contributed by atoms with van der Waals surface area (Å²) in [5.74, 6) is 0.227. The summed E-state index contributed by atoms with van der Waals surface area (Å²) in [5.41, 5.74) is 8.46. The van der Waals surface area contributed by atoms with Gasteiger partial charge in [0.2, 0.25) is 5.91 Å². The Kier molecular flexibility index (Phi) is 6.14. The SMILES string of the molecule is C[C@@H](CNc1ccc2c(c1)C(=O)OC2)NC(=O)[C@@H](N)CC1CCCCC1. The molecule has 6 nitrogen and oxygen atoms in total. The summed E-state index contributed by atoms with van der Waals surface area (Å²) >= 11 is 0. The van der Waals surface area contributed by atoms with E-state index < -0.39 is 6.04 Å². The lowest BCUT2D eigenvalue weighted by molar-refractivity contribution is -0.123. The van der Waals surface area contributed by atoms with Crippen molar-refractivity contribution < 1.29 is 14.3 Å². The van der Waals surface area contributed by atoms with Gasteiger partial charge in [-0.3, -0.25) is 4.79 Å². The Hall–Kier alpha value is -2.08. The molecule has 142 valence electrons. The minimum Gasteiger partial charge on any atom is -0.457 e. The second-order valence-corrected chi connectivity index (χ2v) is 7.58. The molecule has 1 amide bonds. The number of carbonyl (C=O) groups is 2. The minimum atomic E-state index is -0.435. The van der Waals surface area contributed by atoms with Gasteiger partial charge in [-0.25, -0.2) is 4.79 Å². The highest BCUT2D eigenvalue weighted by Crippen LogP contribution is 2.27. The van der Waals surface area contributed by atoms with Crippen LogP contribution in [0.1, 0.15) is 61.4 Å². The van der Waals surface area contributed by atoms with Crippen molar-refractivity contribution in [3.63, 3.8) is 0 Å². The van der Waals surface area contributed by atoms with Crippen LogP contribution in [0.5, 0.6) is 0 Å². The molecule has 2 aliphatic rings. The van der Waals surface area contributed by atoms with Crippen LogP contribution in [0.2, 0.25) is 0 Å². The Morgan fingerprint density at radius 1 is 1.31 bits per heavy atom. The molecular formula is C20H29N3O3. The highest BCUT2D eigenvalue weighted by atomic mass is 16.5. The Morgan fingerprint density at radius 2 is 2.08 bits per heavy atom. The summed E-state index contributed by atoms with van der Waals surface area (Å²) < 4.78 is 5.01. The van der Waals surface area contributed by atoms with Crippen molar-refractivity contribution in [2.75, 3.05) is 11.9 Å². The van der Waals surface area contributed by atoms with E-state index in [2.05, 4.69) is 10.6 Å². The minimum absolute atomic E-state index is 0.0555. The predicted octanol–water partition coefficient (Wildman–Crippen LogP) is 2.57. The molecule has 0 spiro atoms. The van der Waals surface area contributed by atoms with Gasteiger partial charge >= 0.3 is 5.97 Å². The topological polar surface area (TPSA) is 93.5 Å². The molecule has 1 aliphatic heterocycles. The molecule has 1 fully saturated rings. The van der Waals surface area contributed by atoms with Crippen LogP contribution < -0.4 is 16.4 Å². The Bertz CT molecular complexity index is 656. The van der Waals surface area contributed by atoms with Gasteiger partial charge < -0.3 is 21.1 Å². The number of cyclic esters (lactones) is 1. The molecular weight excluding hydrogens is 330 g/mol. The van der Waals surface area contributed by atoms with Gasteiger partial charge in [-0.15, -0.1) is 0 Å². The first-order valence-electron chi connectivity index (χ1n) is 9.63.